The zero-order chi connectivity index (χ0) is 19.5. The number of nitrogens with one attached hydrogen (secondary N) is 2. The van der Waals surface area contributed by atoms with Gasteiger partial charge in [0.15, 0.2) is 17.0 Å². The highest BCUT2D eigenvalue weighted by Crippen LogP contribution is 2.40. The molecule has 3 saturated heterocycles. The predicted octanol–water partition coefficient (Wildman–Crippen LogP) is 1.15. The normalized spacial score (nSPS) is 27.1. The summed E-state index contributed by atoms with van der Waals surface area (Å²) in [6.07, 6.45) is 3.02. The van der Waals surface area contributed by atoms with E-state index >= 15 is 0 Å². The van der Waals surface area contributed by atoms with E-state index in [0.717, 1.165) is 62.1 Å². The lowest BCUT2D eigenvalue weighted by molar-refractivity contribution is -0.0985. The molecule has 1 spiro atoms. The average Bonchev–Trinajstić information content (AvgIpc) is 3.33. The van der Waals surface area contributed by atoms with Crippen molar-refractivity contribution in [2.75, 3.05) is 31.2 Å². The highest BCUT2D eigenvalue weighted by atomic mass is 16.8. The molecule has 0 saturated carbocycles. The van der Waals surface area contributed by atoms with Gasteiger partial charge in [0.05, 0.1) is 31.6 Å². The second-order valence-electron chi connectivity index (χ2n) is 9.59. The third kappa shape index (κ3) is 2.97. The van der Waals surface area contributed by atoms with Gasteiger partial charge >= 0.3 is 0 Å². The first-order chi connectivity index (χ1) is 13.3. The third-order valence-electron chi connectivity index (χ3n) is 6.12. The van der Waals surface area contributed by atoms with Crippen molar-refractivity contribution in [3.63, 3.8) is 0 Å². The van der Waals surface area contributed by atoms with Crippen molar-refractivity contribution in [1.29, 1.82) is 0 Å². The Morgan fingerprint density at radius 3 is 2.68 bits per heavy atom. The lowest BCUT2D eigenvalue weighted by Crippen LogP contribution is -2.44. The highest BCUT2D eigenvalue weighted by molar-refractivity contribution is 5.84. The summed E-state index contributed by atoms with van der Waals surface area (Å²) in [7, 11) is 0. The van der Waals surface area contributed by atoms with Crippen LogP contribution in [0.5, 0.6) is 0 Å². The van der Waals surface area contributed by atoms with Crippen LogP contribution in [0.25, 0.3) is 11.2 Å². The van der Waals surface area contributed by atoms with Gasteiger partial charge in [-0.25, -0.2) is 19.9 Å². The van der Waals surface area contributed by atoms with Crippen LogP contribution in [0, 0.1) is 5.41 Å². The van der Waals surface area contributed by atoms with E-state index in [4.69, 9.17) is 24.6 Å². The minimum atomic E-state index is -0.140. The number of ether oxygens (including phenoxy) is 1. The zero-order valence-corrected chi connectivity index (χ0v) is 17.0. The third-order valence-corrected chi connectivity index (χ3v) is 6.12. The number of fused-ring (bicyclic) bond motifs is 1. The molecule has 3 fully saturated rings. The van der Waals surface area contributed by atoms with Gasteiger partial charge in [0, 0.05) is 30.5 Å². The van der Waals surface area contributed by atoms with Crippen LogP contribution in [0.15, 0.2) is 6.33 Å². The summed E-state index contributed by atoms with van der Waals surface area (Å²) in [5, 5.41) is 0. The molecule has 152 valence electrons. The minimum Gasteiger partial charge on any atom is -0.380 e. The molecule has 5 rings (SSSR count). The van der Waals surface area contributed by atoms with Crippen LogP contribution >= 0.6 is 0 Å². The molecule has 0 radical (unpaired) electrons. The largest absolute Gasteiger partial charge is 0.380 e. The summed E-state index contributed by atoms with van der Waals surface area (Å²) >= 11 is 0. The smallest absolute Gasteiger partial charge is 0.165 e. The molecule has 2 N–H and O–H groups in total. The van der Waals surface area contributed by atoms with E-state index < -0.39 is 0 Å². The maximum Gasteiger partial charge on any atom is 0.165 e. The van der Waals surface area contributed by atoms with Gasteiger partial charge < -0.3 is 14.2 Å². The molecular formula is C19H29N7O2. The summed E-state index contributed by atoms with van der Waals surface area (Å²) in [6.45, 7) is 13.0. The Kier molecular flexibility index (Phi) is 4.13. The second kappa shape index (κ2) is 6.35. The summed E-state index contributed by atoms with van der Waals surface area (Å²) in [5.41, 5.74) is 7.90. The van der Waals surface area contributed by atoms with Crippen molar-refractivity contribution in [3.8, 4) is 0 Å². The Hall–Kier alpha value is -1.81. The monoisotopic (exact) mass is 387 g/mol. The van der Waals surface area contributed by atoms with Gasteiger partial charge in [-0.2, -0.15) is 11.0 Å². The van der Waals surface area contributed by atoms with Gasteiger partial charge in [-0.3, -0.25) is 0 Å². The van der Waals surface area contributed by atoms with E-state index in [0.29, 0.717) is 5.41 Å². The van der Waals surface area contributed by atoms with E-state index in [1.54, 1.807) is 0 Å². The standard InChI is InChI=1S/C19H29N7O2/c1-12-13(24-28-23-12)7-26-11-20-14-15(21-17(18(2,3)4)22-16(14)26)25-6-5-19(8-25)9-27-10-19/h11-13,23-24H,5-10H2,1-4H3. The number of rotatable bonds is 3. The van der Waals surface area contributed by atoms with E-state index in [1.807, 2.05) is 6.33 Å². The van der Waals surface area contributed by atoms with Crippen molar-refractivity contribution in [2.45, 2.75) is 58.2 Å². The number of hydrogen-bond donors (Lipinski definition) is 2. The fraction of sp³-hybridized carbons (Fsp3) is 0.737. The van der Waals surface area contributed by atoms with Crippen molar-refractivity contribution in [2.24, 2.45) is 5.41 Å². The van der Waals surface area contributed by atoms with Gasteiger partial charge in [0.25, 0.3) is 0 Å². The molecule has 0 amide bonds. The summed E-state index contributed by atoms with van der Waals surface area (Å²) in [5.74, 6) is 1.81. The van der Waals surface area contributed by atoms with Gasteiger partial charge in [0.2, 0.25) is 0 Å². The van der Waals surface area contributed by atoms with Crippen LogP contribution in [0.3, 0.4) is 0 Å². The molecule has 2 aromatic heterocycles. The molecule has 0 aromatic carbocycles. The number of hydrogen-bond acceptors (Lipinski definition) is 8. The first-order valence-electron chi connectivity index (χ1n) is 10.1. The quantitative estimate of drug-likeness (QED) is 0.811. The lowest BCUT2D eigenvalue weighted by atomic mass is 9.85. The van der Waals surface area contributed by atoms with E-state index in [2.05, 4.69) is 48.1 Å². The Morgan fingerprint density at radius 1 is 1.25 bits per heavy atom. The molecule has 3 aliphatic heterocycles. The lowest BCUT2D eigenvalue weighted by Gasteiger charge is -2.37. The Balaban J connectivity index is 1.55. The second-order valence-corrected chi connectivity index (χ2v) is 9.59. The topological polar surface area (TPSA) is 89.4 Å². The van der Waals surface area contributed by atoms with Crippen molar-refractivity contribution in [1.82, 2.24) is 30.5 Å². The predicted molar refractivity (Wildman–Crippen MR) is 105 cm³/mol. The first kappa shape index (κ1) is 18.2. The SMILES string of the molecule is CC1NONC1Cn1cnc2c(N3CCC4(COC4)C3)nc(C(C)(C)C)nc21. The summed E-state index contributed by atoms with van der Waals surface area (Å²) in [6, 6.07) is 0.356. The Bertz CT molecular complexity index is 886. The zero-order valence-electron chi connectivity index (χ0n) is 17.0. The minimum absolute atomic E-state index is 0.140. The highest BCUT2D eigenvalue weighted by Gasteiger charge is 2.45. The van der Waals surface area contributed by atoms with Crippen LogP contribution < -0.4 is 15.9 Å². The molecule has 2 unspecified atom stereocenters. The van der Waals surface area contributed by atoms with Gasteiger partial charge in [0.1, 0.15) is 5.82 Å². The molecule has 2 aromatic rings. The van der Waals surface area contributed by atoms with Crippen molar-refractivity contribution < 1.29 is 9.68 Å². The molecule has 9 heteroatoms. The number of aromatic nitrogens is 4. The maximum absolute atomic E-state index is 5.49. The molecule has 0 bridgehead atoms. The van der Waals surface area contributed by atoms with Gasteiger partial charge in [-0.05, 0) is 13.3 Å². The summed E-state index contributed by atoms with van der Waals surface area (Å²) < 4.78 is 7.60. The van der Waals surface area contributed by atoms with E-state index in [-0.39, 0.29) is 17.5 Å². The molecule has 28 heavy (non-hydrogen) atoms. The first-order valence-corrected chi connectivity index (χ1v) is 10.1. The van der Waals surface area contributed by atoms with Crippen LogP contribution in [-0.4, -0.2) is 57.9 Å². The van der Waals surface area contributed by atoms with Gasteiger partial charge in [-0.15, -0.1) is 0 Å². The maximum atomic E-state index is 5.49. The van der Waals surface area contributed by atoms with Crippen molar-refractivity contribution >= 4 is 17.0 Å². The molecule has 3 aliphatic rings. The fourth-order valence-electron chi connectivity index (χ4n) is 4.16. The average molecular weight is 387 g/mol. The molecule has 5 heterocycles. The van der Waals surface area contributed by atoms with Gasteiger partial charge in [-0.1, -0.05) is 20.8 Å². The van der Waals surface area contributed by atoms with Crippen LogP contribution in [0.4, 0.5) is 5.82 Å². The number of hydroxylamine groups is 2. The van der Waals surface area contributed by atoms with Crippen LogP contribution in [-0.2, 0) is 21.6 Å². The molecule has 2 atom stereocenters. The molecule has 0 aliphatic carbocycles. The van der Waals surface area contributed by atoms with E-state index in [9.17, 15) is 0 Å². The Labute approximate surface area is 164 Å². The molecular weight excluding hydrogens is 358 g/mol. The van der Waals surface area contributed by atoms with Crippen molar-refractivity contribution in [3.05, 3.63) is 12.2 Å². The fourth-order valence-corrected chi connectivity index (χ4v) is 4.16. The Morgan fingerprint density at radius 2 is 2.07 bits per heavy atom. The van der Waals surface area contributed by atoms with E-state index in [1.165, 1.54) is 0 Å². The number of nitrogens with zero attached hydrogens (tertiary/aromatic N) is 5. The molecule has 9 nitrogen and oxygen atoms in total. The number of imidazole rings is 1. The number of anilines is 1. The van der Waals surface area contributed by atoms with Crippen LogP contribution in [0.1, 0.15) is 39.9 Å². The van der Waals surface area contributed by atoms with Crippen LogP contribution in [0.2, 0.25) is 0 Å². The summed E-state index contributed by atoms with van der Waals surface area (Å²) in [4.78, 5) is 22.2.